The maximum atomic E-state index is 12.1. The Balaban J connectivity index is 2.13. The van der Waals surface area contributed by atoms with E-state index in [1.165, 1.54) is 0 Å². The van der Waals surface area contributed by atoms with Crippen LogP contribution in [-0.2, 0) is 0 Å². The van der Waals surface area contributed by atoms with E-state index in [4.69, 9.17) is 10.5 Å². The largest absolute Gasteiger partial charge is 0.494 e. The fraction of sp³-hybridized carbons (Fsp3) is 0.143. The summed E-state index contributed by atoms with van der Waals surface area (Å²) in [6, 6.07) is 8.75. The third-order valence-electron chi connectivity index (χ3n) is 2.55. The summed E-state index contributed by atoms with van der Waals surface area (Å²) in [5.41, 5.74) is 6.69. The first-order chi connectivity index (χ1) is 9.60. The fourth-order valence-electron chi connectivity index (χ4n) is 1.63. The zero-order valence-electron chi connectivity index (χ0n) is 10.9. The molecule has 0 bridgehead atoms. The molecular weight excluding hydrogens is 322 g/mol. The number of carbonyl (C=O) groups excluding carboxylic acids is 1. The molecule has 0 unspecified atom stereocenters. The zero-order valence-corrected chi connectivity index (χ0v) is 12.5. The van der Waals surface area contributed by atoms with E-state index in [1.54, 1.807) is 36.5 Å². The van der Waals surface area contributed by atoms with Gasteiger partial charge in [0, 0.05) is 16.4 Å². The van der Waals surface area contributed by atoms with Crippen molar-refractivity contribution in [3.63, 3.8) is 0 Å². The number of nitrogen functional groups attached to an aromatic ring is 1. The van der Waals surface area contributed by atoms with Crippen molar-refractivity contribution in [2.75, 3.05) is 17.7 Å². The number of benzene rings is 1. The molecule has 0 atom stereocenters. The minimum absolute atomic E-state index is 0.191. The van der Waals surface area contributed by atoms with Crippen LogP contribution >= 0.6 is 15.9 Å². The highest BCUT2D eigenvalue weighted by molar-refractivity contribution is 9.10. The Morgan fingerprint density at radius 1 is 1.40 bits per heavy atom. The molecule has 0 saturated carbocycles. The van der Waals surface area contributed by atoms with Crippen LogP contribution in [0.3, 0.4) is 0 Å². The Labute approximate surface area is 125 Å². The molecule has 0 radical (unpaired) electrons. The first kappa shape index (κ1) is 14.3. The second-order valence-electron chi connectivity index (χ2n) is 4.00. The van der Waals surface area contributed by atoms with Crippen molar-refractivity contribution in [3.8, 4) is 5.75 Å². The molecule has 2 rings (SSSR count). The van der Waals surface area contributed by atoms with Crippen molar-refractivity contribution in [1.29, 1.82) is 0 Å². The number of nitrogens with one attached hydrogen (secondary N) is 1. The van der Waals surface area contributed by atoms with E-state index >= 15 is 0 Å². The molecule has 6 heteroatoms. The summed E-state index contributed by atoms with van der Waals surface area (Å²) >= 11 is 3.26. The lowest BCUT2D eigenvalue weighted by atomic mass is 10.2. The summed E-state index contributed by atoms with van der Waals surface area (Å²) < 4.78 is 6.03. The molecule has 0 fully saturated rings. The number of nitrogens with two attached hydrogens (primary N) is 1. The topological polar surface area (TPSA) is 77.2 Å². The molecule has 1 aromatic carbocycles. The standard InChI is InChI=1S/C14H14BrN3O2/c1-2-20-11-5-3-10(4-6-11)18-14(19)12-7-9(15)8-17-13(12)16/h3-8H,2H2,1H3,(H2,16,17)(H,18,19). The summed E-state index contributed by atoms with van der Waals surface area (Å²) in [7, 11) is 0. The monoisotopic (exact) mass is 335 g/mol. The summed E-state index contributed by atoms with van der Waals surface area (Å²) in [6.45, 7) is 2.52. The van der Waals surface area contributed by atoms with Crippen molar-refractivity contribution in [3.05, 3.63) is 46.6 Å². The van der Waals surface area contributed by atoms with Crippen LogP contribution in [0.15, 0.2) is 41.0 Å². The molecule has 1 aromatic heterocycles. The van der Waals surface area contributed by atoms with Gasteiger partial charge in [0.1, 0.15) is 11.6 Å². The Hall–Kier alpha value is -2.08. The Bertz CT molecular complexity index is 614. The number of nitrogens with zero attached hydrogens (tertiary/aromatic N) is 1. The molecule has 0 saturated heterocycles. The number of aromatic nitrogens is 1. The number of amides is 1. The Morgan fingerprint density at radius 2 is 2.10 bits per heavy atom. The minimum atomic E-state index is -0.305. The van der Waals surface area contributed by atoms with Crippen LogP contribution in [0.5, 0.6) is 5.75 Å². The zero-order chi connectivity index (χ0) is 14.5. The number of rotatable bonds is 4. The first-order valence-electron chi connectivity index (χ1n) is 6.05. The molecule has 0 aliphatic heterocycles. The highest BCUT2D eigenvalue weighted by Gasteiger charge is 2.11. The summed E-state index contributed by atoms with van der Waals surface area (Å²) in [6.07, 6.45) is 1.54. The van der Waals surface area contributed by atoms with Gasteiger partial charge in [-0.05, 0) is 53.2 Å². The molecule has 2 aromatic rings. The molecular formula is C14H14BrN3O2. The maximum absolute atomic E-state index is 12.1. The number of anilines is 2. The van der Waals surface area contributed by atoms with Gasteiger partial charge in [0.2, 0.25) is 0 Å². The summed E-state index contributed by atoms with van der Waals surface area (Å²) in [4.78, 5) is 16.0. The average molecular weight is 336 g/mol. The van der Waals surface area contributed by atoms with E-state index in [9.17, 15) is 4.79 Å². The van der Waals surface area contributed by atoms with Gasteiger partial charge in [0.15, 0.2) is 0 Å². The fourth-order valence-corrected chi connectivity index (χ4v) is 1.96. The molecule has 1 amide bonds. The highest BCUT2D eigenvalue weighted by atomic mass is 79.9. The average Bonchev–Trinajstić information content (AvgIpc) is 2.44. The highest BCUT2D eigenvalue weighted by Crippen LogP contribution is 2.19. The number of hydrogen-bond acceptors (Lipinski definition) is 4. The molecule has 0 spiro atoms. The van der Waals surface area contributed by atoms with Gasteiger partial charge in [-0.3, -0.25) is 4.79 Å². The van der Waals surface area contributed by atoms with Gasteiger partial charge in [-0.1, -0.05) is 0 Å². The Morgan fingerprint density at radius 3 is 2.75 bits per heavy atom. The van der Waals surface area contributed by atoms with Crippen LogP contribution in [0.2, 0.25) is 0 Å². The number of halogens is 1. The number of ether oxygens (including phenoxy) is 1. The second-order valence-corrected chi connectivity index (χ2v) is 4.91. The third-order valence-corrected chi connectivity index (χ3v) is 2.99. The molecule has 5 nitrogen and oxygen atoms in total. The number of hydrogen-bond donors (Lipinski definition) is 2. The van der Waals surface area contributed by atoms with Gasteiger partial charge in [-0.15, -0.1) is 0 Å². The SMILES string of the molecule is CCOc1ccc(NC(=O)c2cc(Br)cnc2N)cc1. The van der Waals surface area contributed by atoms with Crippen LogP contribution in [0.25, 0.3) is 0 Å². The van der Waals surface area contributed by atoms with Crippen molar-refractivity contribution in [2.45, 2.75) is 6.92 Å². The van der Waals surface area contributed by atoms with Crippen LogP contribution in [-0.4, -0.2) is 17.5 Å². The first-order valence-corrected chi connectivity index (χ1v) is 6.84. The third kappa shape index (κ3) is 3.48. The lowest BCUT2D eigenvalue weighted by Crippen LogP contribution is -2.14. The second kappa shape index (κ2) is 6.38. The quantitative estimate of drug-likeness (QED) is 0.900. The van der Waals surface area contributed by atoms with Crippen molar-refractivity contribution in [1.82, 2.24) is 4.98 Å². The smallest absolute Gasteiger partial charge is 0.259 e. The van der Waals surface area contributed by atoms with Gasteiger partial charge in [-0.25, -0.2) is 4.98 Å². The predicted octanol–water partition coefficient (Wildman–Crippen LogP) is 3.08. The van der Waals surface area contributed by atoms with Crippen LogP contribution in [0, 0.1) is 0 Å². The molecule has 0 aliphatic carbocycles. The maximum Gasteiger partial charge on any atom is 0.259 e. The van der Waals surface area contributed by atoms with Gasteiger partial charge in [0.25, 0.3) is 5.91 Å². The molecule has 104 valence electrons. The lowest BCUT2D eigenvalue weighted by molar-refractivity contribution is 0.102. The van der Waals surface area contributed by atoms with E-state index in [-0.39, 0.29) is 11.7 Å². The molecule has 0 aliphatic rings. The van der Waals surface area contributed by atoms with Crippen molar-refractivity contribution >= 4 is 33.3 Å². The molecule has 3 N–H and O–H groups in total. The predicted molar refractivity (Wildman–Crippen MR) is 81.9 cm³/mol. The van der Waals surface area contributed by atoms with Crippen LogP contribution < -0.4 is 15.8 Å². The molecule has 20 heavy (non-hydrogen) atoms. The lowest BCUT2D eigenvalue weighted by Gasteiger charge is -2.08. The van der Waals surface area contributed by atoms with Gasteiger partial charge in [0.05, 0.1) is 12.2 Å². The van der Waals surface area contributed by atoms with E-state index in [2.05, 4.69) is 26.2 Å². The van der Waals surface area contributed by atoms with E-state index < -0.39 is 0 Å². The minimum Gasteiger partial charge on any atom is -0.494 e. The van der Waals surface area contributed by atoms with Crippen LogP contribution in [0.1, 0.15) is 17.3 Å². The van der Waals surface area contributed by atoms with Gasteiger partial charge in [-0.2, -0.15) is 0 Å². The Kier molecular flexibility index (Phi) is 4.57. The summed E-state index contributed by atoms with van der Waals surface area (Å²) in [5, 5.41) is 2.76. The number of carbonyl (C=O) groups is 1. The van der Waals surface area contributed by atoms with Gasteiger partial charge < -0.3 is 15.8 Å². The normalized spacial score (nSPS) is 10.1. The van der Waals surface area contributed by atoms with E-state index in [0.29, 0.717) is 22.3 Å². The summed E-state index contributed by atoms with van der Waals surface area (Å²) in [5.74, 6) is 0.645. The number of pyridine rings is 1. The van der Waals surface area contributed by atoms with E-state index in [0.717, 1.165) is 5.75 Å². The van der Waals surface area contributed by atoms with Crippen molar-refractivity contribution < 1.29 is 9.53 Å². The van der Waals surface area contributed by atoms with E-state index in [1.807, 2.05) is 6.92 Å². The van der Waals surface area contributed by atoms with Crippen LogP contribution in [0.4, 0.5) is 11.5 Å². The van der Waals surface area contributed by atoms with Gasteiger partial charge >= 0.3 is 0 Å². The molecule has 1 heterocycles. The van der Waals surface area contributed by atoms with Crippen molar-refractivity contribution in [2.24, 2.45) is 0 Å².